The zero-order valence-corrected chi connectivity index (χ0v) is 16.3. The molecule has 2 heterocycles. The quantitative estimate of drug-likeness (QED) is 0.765. The Morgan fingerprint density at radius 1 is 1.08 bits per heavy atom. The molecule has 2 fully saturated rings. The van der Waals surface area contributed by atoms with Crippen molar-refractivity contribution >= 4 is 25.8 Å². The minimum absolute atomic E-state index is 0.0675. The highest BCUT2D eigenvalue weighted by Crippen LogP contribution is 2.37. The van der Waals surface area contributed by atoms with Gasteiger partial charge in [-0.2, -0.15) is 4.31 Å². The maximum absolute atomic E-state index is 12.2. The molecule has 1 amide bonds. The van der Waals surface area contributed by atoms with Crippen LogP contribution in [0.15, 0.2) is 35.2 Å². The molecule has 2 aliphatic rings. The molecule has 26 heavy (non-hydrogen) atoms. The number of benzene rings is 1. The van der Waals surface area contributed by atoms with E-state index in [9.17, 15) is 21.6 Å². The molecule has 1 N–H and O–H groups in total. The third-order valence-electron chi connectivity index (χ3n) is 5.11. The molecular formula is C17H24N2O5S2. The van der Waals surface area contributed by atoms with E-state index in [1.165, 1.54) is 18.4 Å². The van der Waals surface area contributed by atoms with Gasteiger partial charge >= 0.3 is 0 Å². The highest BCUT2D eigenvalue weighted by atomic mass is 32.2. The Hall–Kier alpha value is -1.45. The molecule has 3 rings (SSSR count). The Labute approximate surface area is 154 Å². The van der Waals surface area contributed by atoms with E-state index in [2.05, 4.69) is 5.32 Å². The standard InChI is InChI=1S/C17H24N2O5S2/c1-25(21,22)19-14-7-8-15(19)12-13(11-14)18-17(20)9-10-26(23,24)16-5-3-2-4-6-16/h2-6,13-15H,7-12H2,1H3,(H,18,20). The van der Waals surface area contributed by atoms with E-state index in [4.69, 9.17) is 0 Å². The molecule has 2 bridgehead atoms. The van der Waals surface area contributed by atoms with E-state index >= 15 is 0 Å². The molecule has 0 radical (unpaired) electrons. The summed E-state index contributed by atoms with van der Waals surface area (Å²) < 4.78 is 49.9. The van der Waals surface area contributed by atoms with Gasteiger partial charge in [0.25, 0.3) is 0 Å². The molecule has 1 aromatic carbocycles. The lowest BCUT2D eigenvalue weighted by atomic mass is 9.99. The van der Waals surface area contributed by atoms with Crippen molar-refractivity contribution in [2.75, 3.05) is 12.0 Å². The Morgan fingerprint density at radius 2 is 1.65 bits per heavy atom. The van der Waals surface area contributed by atoms with Crippen LogP contribution >= 0.6 is 0 Å². The lowest BCUT2D eigenvalue weighted by molar-refractivity contribution is -0.121. The van der Waals surface area contributed by atoms with E-state index in [1.807, 2.05) is 0 Å². The van der Waals surface area contributed by atoms with Gasteiger partial charge in [-0.3, -0.25) is 4.79 Å². The van der Waals surface area contributed by atoms with Crippen LogP contribution in [0.25, 0.3) is 0 Å². The van der Waals surface area contributed by atoms with Crippen LogP contribution in [0.3, 0.4) is 0 Å². The predicted octanol–water partition coefficient (Wildman–Crippen LogP) is 0.922. The third kappa shape index (κ3) is 4.27. The third-order valence-corrected chi connectivity index (χ3v) is 8.21. The molecule has 0 aliphatic carbocycles. The van der Waals surface area contributed by atoms with Crippen molar-refractivity contribution in [3.63, 3.8) is 0 Å². The summed E-state index contributed by atoms with van der Waals surface area (Å²) in [4.78, 5) is 12.4. The fourth-order valence-corrected chi connectivity index (χ4v) is 6.79. The number of amides is 1. The van der Waals surface area contributed by atoms with Crippen molar-refractivity contribution in [2.24, 2.45) is 0 Å². The number of hydrogen-bond acceptors (Lipinski definition) is 5. The Kier molecular flexibility index (Phi) is 5.41. The van der Waals surface area contributed by atoms with Crippen molar-refractivity contribution in [2.45, 2.75) is 55.1 Å². The average Bonchev–Trinajstić information content (AvgIpc) is 2.86. The Balaban J connectivity index is 1.54. The second-order valence-corrected chi connectivity index (χ2v) is 11.1. The number of sulfone groups is 1. The summed E-state index contributed by atoms with van der Waals surface area (Å²) in [5.74, 6) is -0.542. The fourth-order valence-electron chi connectivity index (χ4n) is 4.07. The zero-order chi connectivity index (χ0) is 18.9. The van der Waals surface area contributed by atoms with Crippen molar-refractivity contribution in [1.82, 2.24) is 9.62 Å². The average molecular weight is 401 g/mol. The lowest BCUT2D eigenvalue weighted by Gasteiger charge is -2.37. The molecule has 1 aromatic rings. The van der Waals surface area contributed by atoms with E-state index in [-0.39, 0.29) is 41.1 Å². The summed E-state index contributed by atoms with van der Waals surface area (Å²) in [5.41, 5.74) is 0. The SMILES string of the molecule is CS(=O)(=O)N1C2CCC1CC(NC(=O)CCS(=O)(=O)c1ccccc1)C2. The van der Waals surface area contributed by atoms with E-state index < -0.39 is 19.9 Å². The number of carbonyl (C=O) groups excluding carboxylic acids is 1. The van der Waals surface area contributed by atoms with Gasteiger partial charge in [0, 0.05) is 24.5 Å². The molecule has 7 nitrogen and oxygen atoms in total. The van der Waals surface area contributed by atoms with Crippen molar-refractivity contribution in [1.29, 1.82) is 0 Å². The van der Waals surface area contributed by atoms with Gasteiger partial charge in [0.1, 0.15) is 0 Å². The predicted molar refractivity (Wildman–Crippen MR) is 97.8 cm³/mol. The van der Waals surface area contributed by atoms with Gasteiger partial charge < -0.3 is 5.32 Å². The summed E-state index contributed by atoms with van der Waals surface area (Å²) in [6.45, 7) is 0. The second kappa shape index (κ2) is 7.28. The summed E-state index contributed by atoms with van der Waals surface area (Å²) in [5, 5.41) is 2.89. The minimum atomic E-state index is -3.48. The molecule has 0 saturated carbocycles. The highest BCUT2D eigenvalue weighted by Gasteiger charge is 2.45. The number of nitrogens with one attached hydrogen (secondary N) is 1. The van der Waals surface area contributed by atoms with Crippen LogP contribution < -0.4 is 5.32 Å². The van der Waals surface area contributed by atoms with Gasteiger partial charge in [-0.05, 0) is 37.8 Å². The molecule has 2 atom stereocenters. The first-order chi connectivity index (χ1) is 12.2. The summed E-state index contributed by atoms with van der Waals surface area (Å²) >= 11 is 0. The Morgan fingerprint density at radius 3 is 2.19 bits per heavy atom. The van der Waals surface area contributed by atoms with Crippen molar-refractivity contribution in [3.8, 4) is 0 Å². The van der Waals surface area contributed by atoms with Gasteiger partial charge in [-0.15, -0.1) is 0 Å². The van der Waals surface area contributed by atoms with Crippen LogP contribution in [-0.4, -0.2) is 57.2 Å². The minimum Gasteiger partial charge on any atom is -0.353 e. The number of nitrogens with zero attached hydrogens (tertiary/aromatic N) is 1. The number of sulfonamides is 1. The maximum Gasteiger partial charge on any atom is 0.221 e. The molecule has 2 aliphatic heterocycles. The van der Waals surface area contributed by atoms with Crippen molar-refractivity contribution in [3.05, 3.63) is 30.3 Å². The maximum atomic E-state index is 12.2. The number of rotatable bonds is 6. The normalized spacial score (nSPS) is 26.6. The van der Waals surface area contributed by atoms with Crippen LogP contribution in [-0.2, 0) is 24.7 Å². The smallest absolute Gasteiger partial charge is 0.221 e. The zero-order valence-electron chi connectivity index (χ0n) is 14.7. The number of hydrogen-bond donors (Lipinski definition) is 1. The van der Waals surface area contributed by atoms with Crippen LogP contribution in [0.1, 0.15) is 32.1 Å². The first kappa shape index (κ1) is 19.3. The van der Waals surface area contributed by atoms with E-state index in [0.717, 1.165) is 12.8 Å². The topological polar surface area (TPSA) is 101 Å². The van der Waals surface area contributed by atoms with Crippen molar-refractivity contribution < 1.29 is 21.6 Å². The van der Waals surface area contributed by atoms with Gasteiger partial charge in [-0.1, -0.05) is 18.2 Å². The van der Waals surface area contributed by atoms with E-state index in [0.29, 0.717) is 12.8 Å². The van der Waals surface area contributed by atoms with Crippen LogP contribution in [0.5, 0.6) is 0 Å². The first-order valence-electron chi connectivity index (χ1n) is 8.72. The number of carbonyl (C=O) groups is 1. The number of piperidine rings is 1. The highest BCUT2D eigenvalue weighted by molar-refractivity contribution is 7.91. The second-order valence-electron chi connectivity index (χ2n) is 7.10. The summed E-state index contributed by atoms with van der Waals surface area (Å²) in [6.07, 6.45) is 3.92. The Bertz CT molecular complexity index is 854. The van der Waals surface area contributed by atoms with Gasteiger partial charge in [0.15, 0.2) is 9.84 Å². The van der Waals surface area contributed by atoms with Crippen LogP contribution in [0, 0.1) is 0 Å². The van der Waals surface area contributed by atoms with Gasteiger partial charge in [-0.25, -0.2) is 16.8 Å². The van der Waals surface area contributed by atoms with E-state index in [1.54, 1.807) is 22.5 Å². The lowest BCUT2D eigenvalue weighted by Crippen LogP contribution is -2.52. The molecule has 144 valence electrons. The molecule has 2 saturated heterocycles. The van der Waals surface area contributed by atoms with Gasteiger partial charge in [0.2, 0.25) is 15.9 Å². The summed E-state index contributed by atoms with van der Waals surface area (Å²) in [7, 11) is -6.71. The molecular weight excluding hydrogens is 376 g/mol. The molecule has 0 aromatic heterocycles. The fraction of sp³-hybridized carbons (Fsp3) is 0.588. The molecule has 9 heteroatoms. The monoisotopic (exact) mass is 400 g/mol. The largest absolute Gasteiger partial charge is 0.353 e. The first-order valence-corrected chi connectivity index (χ1v) is 12.2. The molecule has 2 unspecified atom stereocenters. The number of fused-ring (bicyclic) bond motifs is 2. The molecule has 0 spiro atoms. The van der Waals surface area contributed by atoms with Gasteiger partial charge in [0.05, 0.1) is 16.9 Å². The summed E-state index contributed by atoms with van der Waals surface area (Å²) in [6, 6.07) is 7.85. The van der Waals surface area contributed by atoms with Crippen LogP contribution in [0.2, 0.25) is 0 Å². The van der Waals surface area contributed by atoms with Crippen LogP contribution in [0.4, 0.5) is 0 Å².